The third-order valence-electron chi connectivity index (χ3n) is 4.58. The molecule has 0 radical (unpaired) electrons. The van der Waals surface area contributed by atoms with Crippen molar-refractivity contribution in [1.82, 2.24) is 0 Å². The summed E-state index contributed by atoms with van der Waals surface area (Å²) < 4.78 is 22.3. The van der Waals surface area contributed by atoms with E-state index in [1.54, 1.807) is 7.11 Å². The molecule has 2 aliphatic rings. The minimum atomic E-state index is -0.483. The fraction of sp³-hybridized carbons (Fsp3) is 0.588. The molecule has 1 aromatic rings. The summed E-state index contributed by atoms with van der Waals surface area (Å²) in [6, 6.07) is 7.83. The maximum atomic E-state index is 11.6. The molecule has 2 saturated heterocycles. The van der Waals surface area contributed by atoms with Gasteiger partial charge >= 0.3 is 5.97 Å². The standard InChI is InChI=1S/C17H22O5/c1-10-14-8-15(18)22-17(21-14)11(2)16(10)20-9-12-4-6-13(19-3)7-5-12/h4-7,10-11,14,16-17H,8-9H2,1-3H3/t10-,11-,14+,16-,17-/m0/s1. The molecule has 5 heteroatoms. The van der Waals surface area contributed by atoms with Gasteiger partial charge in [0.15, 0.2) is 0 Å². The first kappa shape index (κ1) is 15.3. The number of benzene rings is 1. The highest BCUT2D eigenvalue weighted by molar-refractivity contribution is 5.70. The van der Waals surface area contributed by atoms with Gasteiger partial charge < -0.3 is 18.9 Å². The van der Waals surface area contributed by atoms with Crippen molar-refractivity contribution >= 4 is 5.97 Å². The van der Waals surface area contributed by atoms with Crippen LogP contribution >= 0.6 is 0 Å². The average molecular weight is 306 g/mol. The van der Waals surface area contributed by atoms with Gasteiger partial charge in [-0.15, -0.1) is 0 Å². The van der Waals surface area contributed by atoms with E-state index in [1.165, 1.54) is 0 Å². The van der Waals surface area contributed by atoms with Gasteiger partial charge in [0.25, 0.3) is 0 Å². The van der Waals surface area contributed by atoms with E-state index >= 15 is 0 Å². The molecule has 120 valence electrons. The number of hydrogen-bond acceptors (Lipinski definition) is 5. The molecule has 5 atom stereocenters. The van der Waals surface area contributed by atoms with Crippen LogP contribution in [-0.2, 0) is 25.6 Å². The molecule has 0 amide bonds. The molecule has 0 N–H and O–H groups in total. The summed E-state index contributed by atoms with van der Waals surface area (Å²) >= 11 is 0. The van der Waals surface area contributed by atoms with Crippen LogP contribution in [0.5, 0.6) is 5.75 Å². The van der Waals surface area contributed by atoms with Gasteiger partial charge in [-0.25, -0.2) is 0 Å². The second-order valence-electron chi connectivity index (χ2n) is 6.08. The second-order valence-corrected chi connectivity index (χ2v) is 6.08. The molecule has 0 saturated carbocycles. The molecule has 1 aromatic carbocycles. The van der Waals surface area contributed by atoms with Gasteiger partial charge in [0, 0.05) is 11.8 Å². The van der Waals surface area contributed by atoms with E-state index in [2.05, 4.69) is 6.92 Å². The lowest BCUT2D eigenvalue weighted by Crippen LogP contribution is -2.55. The fourth-order valence-electron chi connectivity index (χ4n) is 3.19. The van der Waals surface area contributed by atoms with Crippen molar-refractivity contribution < 1.29 is 23.7 Å². The Hall–Kier alpha value is -1.59. The minimum Gasteiger partial charge on any atom is -0.497 e. The molecule has 2 aliphatic heterocycles. The predicted octanol–water partition coefficient (Wildman–Crippen LogP) is 2.52. The highest BCUT2D eigenvalue weighted by Crippen LogP contribution is 2.37. The van der Waals surface area contributed by atoms with Crippen LogP contribution < -0.4 is 4.74 Å². The summed E-state index contributed by atoms with van der Waals surface area (Å²) in [6.45, 7) is 4.61. The Balaban J connectivity index is 1.64. The highest BCUT2D eigenvalue weighted by Gasteiger charge is 2.47. The molecule has 2 fully saturated rings. The Morgan fingerprint density at radius 2 is 1.91 bits per heavy atom. The summed E-state index contributed by atoms with van der Waals surface area (Å²) in [7, 11) is 1.65. The van der Waals surface area contributed by atoms with Crippen LogP contribution in [0.3, 0.4) is 0 Å². The smallest absolute Gasteiger partial charge is 0.310 e. The number of esters is 1. The largest absolute Gasteiger partial charge is 0.497 e. The number of fused-ring (bicyclic) bond motifs is 2. The molecule has 0 spiro atoms. The highest BCUT2D eigenvalue weighted by atomic mass is 16.7. The summed E-state index contributed by atoms with van der Waals surface area (Å²) in [5, 5.41) is 0. The first-order valence-corrected chi connectivity index (χ1v) is 7.68. The van der Waals surface area contributed by atoms with Gasteiger partial charge in [-0.2, -0.15) is 0 Å². The molecule has 0 aliphatic carbocycles. The SMILES string of the molecule is COc1ccc(CO[C@@H]2[C@H](C)[C@@H]3OC(=O)C[C@@H](O3)[C@@H]2C)cc1. The average Bonchev–Trinajstić information content (AvgIpc) is 2.53. The summed E-state index contributed by atoms with van der Waals surface area (Å²) in [4.78, 5) is 11.6. The third-order valence-corrected chi connectivity index (χ3v) is 4.58. The van der Waals surface area contributed by atoms with Crippen LogP contribution in [0.4, 0.5) is 0 Å². The maximum Gasteiger partial charge on any atom is 0.310 e. The minimum absolute atomic E-state index is 0.0129. The lowest BCUT2D eigenvalue weighted by atomic mass is 9.83. The van der Waals surface area contributed by atoms with Gasteiger partial charge in [0.1, 0.15) is 5.75 Å². The molecule has 3 rings (SSSR count). The van der Waals surface area contributed by atoms with Crippen molar-refractivity contribution in [3.8, 4) is 5.75 Å². The molecule has 22 heavy (non-hydrogen) atoms. The summed E-state index contributed by atoms with van der Waals surface area (Å²) in [6.07, 6.45) is -0.266. The Bertz CT molecular complexity index is 506. The Kier molecular flexibility index (Phi) is 4.36. The number of hydrogen-bond donors (Lipinski definition) is 0. The number of rotatable bonds is 4. The van der Waals surface area contributed by atoms with E-state index in [1.807, 2.05) is 31.2 Å². The number of carbonyl (C=O) groups excluding carboxylic acids is 1. The van der Waals surface area contributed by atoms with Crippen LogP contribution in [0.1, 0.15) is 25.8 Å². The third kappa shape index (κ3) is 2.96. The quantitative estimate of drug-likeness (QED) is 0.800. The van der Waals surface area contributed by atoms with E-state index in [9.17, 15) is 4.79 Å². The lowest BCUT2D eigenvalue weighted by molar-refractivity contribution is -0.285. The van der Waals surface area contributed by atoms with E-state index in [-0.39, 0.29) is 30.0 Å². The van der Waals surface area contributed by atoms with Crippen LogP contribution in [0.2, 0.25) is 0 Å². The van der Waals surface area contributed by atoms with Gasteiger partial charge in [-0.05, 0) is 17.7 Å². The normalized spacial score (nSPS) is 34.1. The van der Waals surface area contributed by atoms with Gasteiger partial charge in [-0.1, -0.05) is 26.0 Å². The zero-order chi connectivity index (χ0) is 15.7. The van der Waals surface area contributed by atoms with Crippen molar-refractivity contribution in [1.29, 1.82) is 0 Å². The molecule has 0 unspecified atom stereocenters. The van der Waals surface area contributed by atoms with Crippen LogP contribution in [0, 0.1) is 11.8 Å². The van der Waals surface area contributed by atoms with Crippen LogP contribution in [0.15, 0.2) is 24.3 Å². The molecule has 5 nitrogen and oxygen atoms in total. The zero-order valence-electron chi connectivity index (χ0n) is 13.2. The number of carbonyl (C=O) groups is 1. The first-order chi connectivity index (χ1) is 10.6. The Labute approximate surface area is 130 Å². The monoisotopic (exact) mass is 306 g/mol. The summed E-state index contributed by atoms with van der Waals surface area (Å²) in [5.74, 6) is 0.845. The van der Waals surface area contributed by atoms with E-state index < -0.39 is 6.29 Å². The number of methoxy groups -OCH3 is 1. The van der Waals surface area contributed by atoms with Crippen molar-refractivity contribution in [2.24, 2.45) is 11.8 Å². The van der Waals surface area contributed by atoms with Gasteiger partial charge in [0.2, 0.25) is 6.29 Å². The van der Waals surface area contributed by atoms with E-state index in [4.69, 9.17) is 18.9 Å². The second kappa shape index (κ2) is 6.26. The predicted molar refractivity (Wildman–Crippen MR) is 79.3 cm³/mol. The van der Waals surface area contributed by atoms with E-state index in [0.29, 0.717) is 13.0 Å². The fourth-order valence-corrected chi connectivity index (χ4v) is 3.19. The van der Waals surface area contributed by atoms with Gasteiger partial charge in [-0.3, -0.25) is 4.79 Å². The molecule has 2 heterocycles. The number of ether oxygens (including phenoxy) is 4. The van der Waals surface area contributed by atoms with Crippen LogP contribution in [0.25, 0.3) is 0 Å². The maximum absolute atomic E-state index is 11.6. The van der Waals surface area contributed by atoms with Crippen LogP contribution in [-0.4, -0.2) is 31.6 Å². The Morgan fingerprint density at radius 3 is 2.59 bits per heavy atom. The molecular formula is C17H22O5. The molecule has 2 bridgehead atoms. The topological polar surface area (TPSA) is 54.0 Å². The Morgan fingerprint density at radius 1 is 1.18 bits per heavy atom. The zero-order valence-corrected chi connectivity index (χ0v) is 13.2. The molecule has 0 aromatic heterocycles. The van der Waals surface area contributed by atoms with Crippen molar-refractivity contribution in [2.75, 3.05) is 7.11 Å². The first-order valence-electron chi connectivity index (χ1n) is 7.68. The lowest BCUT2D eigenvalue weighted by Gasteiger charge is -2.46. The van der Waals surface area contributed by atoms with Crippen molar-refractivity contribution in [3.05, 3.63) is 29.8 Å². The van der Waals surface area contributed by atoms with Crippen molar-refractivity contribution in [3.63, 3.8) is 0 Å². The van der Waals surface area contributed by atoms with Crippen molar-refractivity contribution in [2.45, 2.75) is 45.4 Å². The summed E-state index contributed by atoms with van der Waals surface area (Å²) in [5.41, 5.74) is 1.09. The van der Waals surface area contributed by atoms with Gasteiger partial charge in [0.05, 0.1) is 32.3 Å². The van der Waals surface area contributed by atoms with E-state index in [0.717, 1.165) is 11.3 Å². The molecular weight excluding hydrogens is 284 g/mol.